The molecule has 0 N–H and O–H groups in total. The molecule has 0 bridgehead atoms. The maximum absolute atomic E-state index is 6.43. The van der Waals surface area contributed by atoms with Crippen molar-refractivity contribution in [2.75, 3.05) is 14.0 Å². The summed E-state index contributed by atoms with van der Waals surface area (Å²) in [5.41, 5.74) is 0. The van der Waals surface area contributed by atoms with Crippen LogP contribution in [0.5, 0.6) is 0 Å². The van der Waals surface area contributed by atoms with E-state index in [0.29, 0.717) is 0 Å². The zero-order valence-electron chi connectivity index (χ0n) is 7.89. The van der Waals surface area contributed by atoms with Crippen LogP contribution >= 0.6 is 0 Å². The second-order valence-corrected chi connectivity index (χ2v) is 0.200. The smallest absolute Gasteiger partial charge is 0.0497 e. The third-order valence-corrected chi connectivity index (χ3v) is 0.0500. The first kappa shape index (κ1) is 0.329. The van der Waals surface area contributed by atoms with E-state index in [9.17, 15) is 0 Å². The molecule has 0 aromatic heterocycles. The molecule has 0 fully saturated rings. The van der Waals surface area contributed by atoms with E-state index in [1.165, 1.54) is 0 Å². The monoisotopic (exact) mass is 64.1 g/mol. The van der Waals surface area contributed by atoms with Gasteiger partial charge in [0.25, 0.3) is 0 Å². The van der Waals surface area contributed by atoms with Crippen molar-refractivity contribution in [3.63, 3.8) is 0 Å². The zero-order valence-corrected chi connectivity index (χ0v) is 1.89. The van der Waals surface area contributed by atoms with Crippen LogP contribution < -0.4 is 0 Å². The van der Waals surface area contributed by atoms with Crippen LogP contribution in [0.2, 0.25) is 0 Å². The molecule has 0 heterocycles. The first-order chi connectivity index (χ1) is 4.21. The van der Waals surface area contributed by atoms with E-state index < -0.39 is 14.0 Å². The third kappa shape index (κ3) is 1.60. The zero-order chi connectivity index (χ0) is 8.41. The molecule has 0 aliphatic rings. The summed E-state index contributed by atoms with van der Waals surface area (Å²) in [7, 11) is 0. The summed E-state index contributed by atoms with van der Waals surface area (Å²) < 4.78 is 38.6. The van der Waals surface area contributed by atoms with Crippen molar-refractivity contribution in [2.24, 2.45) is 10.2 Å². The molecule has 0 aromatic rings. The molecule has 0 aromatic carbocycles. The van der Waals surface area contributed by atoms with Crippen molar-refractivity contribution in [1.82, 2.24) is 0 Å². The standard InChI is InChI=1S/C2H6N2/c1-3-4-2/h1-2H3/i1D3,2D3. The summed E-state index contributed by atoms with van der Waals surface area (Å²) in [6, 6.07) is 0. The molecule has 0 amide bonds. The van der Waals surface area contributed by atoms with E-state index in [4.69, 9.17) is 8.22 Å². The van der Waals surface area contributed by atoms with Gasteiger partial charge in [-0.25, -0.2) is 0 Å². The van der Waals surface area contributed by atoms with Gasteiger partial charge >= 0.3 is 0 Å². The Labute approximate surface area is 34.0 Å². The van der Waals surface area contributed by atoms with Crippen molar-refractivity contribution >= 4 is 0 Å². The van der Waals surface area contributed by atoms with E-state index in [-0.39, 0.29) is 0 Å². The molecular weight excluding hydrogens is 52.0 g/mol. The van der Waals surface area contributed by atoms with Gasteiger partial charge in [0.05, 0.1) is 0 Å². The predicted molar refractivity (Wildman–Crippen MR) is 16.7 cm³/mol. The van der Waals surface area contributed by atoms with Gasteiger partial charge in [0, 0.05) is 22.2 Å². The van der Waals surface area contributed by atoms with Crippen molar-refractivity contribution in [1.29, 1.82) is 0 Å². The Balaban J connectivity index is 4.01. The maximum Gasteiger partial charge on any atom is 0.0497 e. The van der Waals surface area contributed by atoms with Gasteiger partial charge in [-0.15, -0.1) is 0 Å². The number of nitrogens with zero attached hydrogens (tertiary/aromatic N) is 2. The molecule has 0 unspecified atom stereocenters. The van der Waals surface area contributed by atoms with Crippen LogP contribution in [0.3, 0.4) is 0 Å². The Morgan fingerprint density at radius 1 is 1.50 bits per heavy atom. The van der Waals surface area contributed by atoms with E-state index in [2.05, 4.69) is 10.2 Å². The first-order valence-electron chi connectivity index (χ1n) is 3.65. The Kier molecular flexibility index (Phi) is 0.214. The Morgan fingerprint density at radius 3 is 2.25 bits per heavy atom. The largest absolute Gasteiger partial charge is 0.198 e. The molecule has 4 heavy (non-hydrogen) atoms. The SMILES string of the molecule is [2H]C([2H])([2H])N=NC([2H])([2H])[2H]. The molecule has 0 aliphatic carbocycles. The van der Waals surface area contributed by atoms with Gasteiger partial charge < -0.3 is 0 Å². The topological polar surface area (TPSA) is 24.7 Å². The molecule has 0 spiro atoms. The van der Waals surface area contributed by atoms with E-state index >= 15 is 0 Å². The maximum atomic E-state index is 6.43. The van der Waals surface area contributed by atoms with Gasteiger partial charge in [-0.3, -0.25) is 0 Å². The molecule has 0 radical (unpaired) electrons. The average molecular weight is 64.1 g/mol. The normalized spacial score (nSPS) is 38.0. The van der Waals surface area contributed by atoms with Crippen LogP contribution in [0, 0.1) is 0 Å². The van der Waals surface area contributed by atoms with Crippen molar-refractivity contribution in [2.45, 2.75) is 0 Å². The number of rotatable bonds is 0. The van der Waals surface area contributed by atoms with Gasteiger partial charge in [-0.05, 0) is 0 Å². The molecular formula is C2H6N2. The van der Waals surface area contributed by atoms with E-state index in [1.807, 2.05) is 0 Å². The minimum absolute atomic E-state index is 2.59. The minimum Gasteiger partial charge on any atom is -0.198 e. The van der Waals surface area contributed by atoms with Crippen LogP contribution in [0.25, 0.3) is 0 Å². The van der Waals surface area contributed by atoms with E-state index in [0.717, 1.165) is 0 Å². The fourth-order valence-corrected chi connectivity index (χ4v) is 0. The summed E-state index contributed by atoms with van der Waals surface area (Å²) in [4.78, 5) is 0. The molecule has 0 aliphatic heterocycles. The molecule has 0 saturated heterocycles. The predicted octanol–water partition coefficient (Wildman–Crippen LogP) is 0.698. The van der Waals surface area contributed by atoms with Crippen LogP contribution in [0.4, 0.5) is 0 Å². The van der Waals surface area contributed by atoms with Gasteiger partial charge in [0.15, 0.2) is 0 Å². The fraction of sp³-hybridized carbons (Fsp3) is 1.00. The average Bonchev–Trinajstić information content (AvgIpc) is 1.57. The lowest BCUT2D eigenvalue weighted by molar-refractivity contribution is 1.11. The first-order valence-corrected chi connectivity index (χ1v) is 0.647. The minimum atomic E-state index is -2.64. The van der Waals surface area contributed by atoms with Gasteiger partial charge in [0.2, 0.25) is 0 Å². The van der Waals surface area contributed by atoms with Crippen LogP contribution in [-0.4, -0.2) is 14.0 Å². The molecule has 24 valence electrons. The highest BCUT2D eigenvalue weighted by atomic mass is 15.0. The van der Waals surface area contributed by atoms with Gasteiger partial charge in [0.1, 0.15) is 0 Å². The number of hydrogen-bond donors (Lipinski definition) is 0. The molecule has 0 atom stereocenters. The second kappa shape index (κ2) is 2.60. The lowest BCUT2D eigenvalue weighted by atomic mass is 11.5. The number of azo groups is 1. The fourth-order valence-electron chi connectivity index (χ4n) is 0. The molecule has 2 nitrogen and oxygen atoms in total. The van der Waals surface area contributed by atoms with E-state index in [1.54, 1.807) is 0 Å². The third-order valence-electron chi connectivity index (χ3n) is 0.0500. The molecule has 0 rings (SSSR count). The lowest BCUT2D eigenvalue weighted by Gasteiger charge is -1.54. The molecule has 0 saturated carbocycles. The Hall–Kier alpha value is -0.400. The van der Waals surface area contributed by atoms with Crippen molar-refractivity contribution in [3.05, 3.63) is 0 Å². The quantitative estimate of drug-likeness (QED) is 0.370. The summed E-state index contributed by atoms with van der Waals surface area (Å²) in [6.07, 6.45) is 0. The highest BCUT2D eigenvalue weighted by Gasteiger charge is 1.31. The van der Waals surface area contributed by atoms with Gasteiger partial charge in [-0.1, -0.05) is 0 Å². The Bertz CT molecular complexity index is 114. The van der Waals surface area contributed by atoms with Gasteiger partial charge in [-0.2, -0.15) is 10.2 Å². The van der Waals surface area contributed by atoms with Crippen LogP contribution in [0.1, 0.15) is 8.22 Å². The molecule has 2 heteroatoms. The summed E-state index contributed by atoms with van der Waals surface area (Å²) in [5.74, 6) is 0. The Morgan fingerprint density at radius 2 is 2.00 bits per heavy atom. The van der Waals surface area contributed by atoms with Crippen LogP contribution in [-0.2, 0) is 0 Å². The highest BCUT2D eigenvalue weighted by molar-refractivity contribution is 3.96. The summed E-state index contributed by atoms with van der Waals surface area (Å²) in [6.45, 7) is -5.29. The van der Waals surface area contributed by atoms with Crippen LogP contribution in [0.15, 0.2) is 10.2 Å². The highest BCUT2D eigenvalue weighted by Crippen LogP contribution is 1.48. The second-order valence-electron chi connectivity index (χ2n) is 0.200. The summed E-state index contributed by atoms with van der Waals surface area (Å²) in [5, 5.41) is 5.18. The summed E-state index contributed by atoms with van der Waals surface area (Å²) >= 11 is 0. The van der Waals surface area contributed by atoms with Crippen molar-refractivity contribution in [3.8, 4) is 0 Å². The lowest BCUT2D eigenvalue weighted by Crippen LogP contribution is -1.38. The van der Waals surface area contributed by atoms with Crippen molar-refractivity contribution < 1.29 is 8.22 Å². The number of hydrogen-bond acceptors (Lipinski definition) is 2.